The summed E-state index contributed by atoms with van der Waals surface area (Å²) in [5.74, 6) is 0.104. The van der Waals surface area contributed by atoms with E-state index < -0.39 is 0 Å². The highest BCUT2D eigenvalue weighted by Crippen LogP contribution is 2.01. The van der Waals surface area contributed by atoms with E-state index in [4.69, 9.17) is 10.5 Å². The van der Waals surface area contributed by atoms with Crippen molar-refractivity contribution in [1.82, 2.24) is 0 Å². The van der Waals surface area contributed by atoms with Gasteiger partial charge in [0.2, 0.25) is 0 Å². The molecule has 40 valence electrons. The quantitative estimate of drug-likeness (QED) is 0.437. The van der Waals surface area contributed by atoms with Crippen molar-refractivity contribution >= 4 is 5.78 Å². The molecule has 1 unspecified atom stereocenters. The Hall–Kier alpha value is -0.410. The van der Waals surface area contributed by atoms with Crippen LogP contribution in [0.3, 0.4) is 0 Å². The molecule has 1 rings (SSSR count). The first-order valence-electron chi connectivity index (χ1n) is 2.18. The number of carbonyl (C=O) groups excluding carboxylic acids is 1. The highest BCUT2D eigenvalue weighted by molar-refractivity contribution is 5.81. The summed E-state index contributed by atoms with van der Waals surface area (Å²) in [5, 5.41) is 0. The van der Waals surface area contributed by atoms with Crippen LogP contribution in [0.1, 0.15) is 6.42 Å². The molecular weight excluding hydrogens is 94.0 g/mol. The van der Waals surface area contributed by atoms with Gasteiger partial charge in [-0.2, -0.15) is 0 Å². The van der Waals surface area contributed by atoms with Gasteiger partial charge < -0.3 is 10.5 Å². The molecule has 1 aliphatic heterocycles. The van der Waals surface area contributed by atoms with Crippen molar-refractivity contribution in [3.05, 3.63) is 0 Å². The molecule has 0 amide bonds. The lowest BCUT2D eigenvalue weighted by atomic mass is 10.3. The Kier molecular flexibility index (Phi) is 1.08. The molecule has 7 heavy (non-hydrogen) atoms. The van der Waals surface area contributed by atoms with Gasteiger partial charge in [-0.1, -0.05) is 0 Å². The summed E-state index contributed by atoms with van der Waals surface area (Å²) in [6.07, 6.45) is 0.0625. The van der Waals surface area contributed by atoms with E-state index in [0.29, 0.717) is 6.42 Å². The van der Waals surface area contributed by atoms with Gasteiger partial charge in [0.25, 0.3) is 0 Å². The number of hydrogen-bond donors (Lipinski definition) is 1. The van der Waals surface area contributed by atoms with E-state index in [-0.39, 0.29) is 18.6 Å². The average molecular weight is 101 g/mol. The molecule has 0 aromatic rings. The highest BCUT2D eigenvalue weighted by Gasteiger charge is 2.17. The zero-order chi connectivity index (χ0) is 5.28. The van der Waals surface area contributed by atoms with Gasteiger partial charge in [-0.15, -0.1) is 0 Å². The Morgan fingerprint density at radius 3 is 2.71 bits per heavy atom. The maximum atomic E-state index is 10.2. The number of ketones is 1. The normalized spacial score (nSPS) is 31.6. The van der Waals surface area contributed by atoms with Gasteiger partial charge in [0.15, 0.2) is 5.78 Å². The van der Waals surface area contributed by atoms with Gasteiger partial charge in [0.05, 0.1) is 0 Å². The smallest absolute Gasteiger partial charge is 0.162 e. The molecule has 0 radical (unpaired) electrons. The lowest BCUT2D eigenvalue weighted by molar-refractivity contribution is -0.117. The third-order valence-electron chi connectivity index (χ3n) is 0.887. The Morgan fingerprint density at radius 1 is 1.86 bits per heavy atom. The molecule has 1 heterocycles. The monoisotopic (exact) mass is 101 g/mol. The molecule has 1 fully saturated rings. The van der Waals surface area contributed by atoms with Crippen LogP contribution in [-0.2, 0) is 9.53 Å². The van der Waals surface area contributed by atoms with Crippen LogP contribution in [0.2, 0.25) is 0 Å². The highest BCUT2D eigenvalue weighted by atomic mass is 16.5. The number of hydrogen-bond acceptors (Lipinski definition) is 3. The summed E-state index contributed by atoms with van der Waals surface area (Å²) in [7, 11) is 0. The van der Waals surface area contributed by atoms with Crippen molar-refractivity contribution < 1.29 is 9.53 Å². The number of Topliss-reactive ketones (excluding diaryl/α,β-unsaturated/α-hetero) is 1. The van der Waals surface area contributed by atoms with Crippen LogP contribution in [0, 0.1) is 0 Å². The Balaban J connectivity index is 2.40. The van der Waals surface area contributed by atoms with Crippen molar-refractivity contribution in [3.63, 3.8) is 0 Å². The zero-order valence-corrected chi connectivity index (χ0v) is 3.89. The lowest BCUT2D eigenvalue weighted by Gasteiger charge is -1.93. The first kappa shape index (κ1) is 4.74. The predicted molar refractivity (Wildman–Crippen MR) is 23.6 cm³/mol. The third-order valence-corrected chi connectivity index (χ3v) is 0.887. The predicted octanol–water partition coefficient (Wildman–Crippen LogP) is -0.739. The molecule has 1 saturated heterocycles. The second-order valence-electron chi connectivity index (χ2n) is 1.59. The molecule has 3 nitrogen and oxygen atoms in total. The van der Waals surface area contributed by atoms with E-state index in [2.05, 4.69) is 0 Å². The van der Waals surface area contributed by atoms with Gasteiger partial charge in [-0.25, -0.2) is 0 Å². The number of nitrogens with two attached hydrogens (primary N) is 1. The van der Waals surface area contributed by atoms with Crippen molar-refractivity contribution in [3.8, 4) is 0 Å². The summed E-state index contributed by atoms with van der Waals surface area (Å²) in [4.78, 5) is 10.2. The minimum absolute atomic E-state index is 0.104. The zero-order valence-electron chi connectivity index (χ0n) is 3.89. The Labute approximate surface area is 41.4 Å². The molecule has 0 bridgehead atoms. The van der Waals surface area contributed by atoms with Gasteiger partial charge in [0, 0.05) is 6.42 Å². The molecule has 0 spiro atoms. The van der Waals surface area contributed by atoms with Gasteiger partial charge in [0.1, 0.15) is 12.8 Å². The number of carbonyl (C=O) groups is 1. The van der Waals surface area contributed by atoms with E-state index in [0.717, 1.165) is 0 Å². The molecule has 2 N–H and O–H groups in total. The van der Waals surface area contributed by atoms with Gasteiger partial charge in [-0.3, -0.25) is 4.79 Å². The molecule has 0 aromatic heterocycles. The molecule has 3 heteroatoms. The summed E-state index contributed by atoms with van der Waals surface area (Å²) in [6.45, 7) is 0.209. The van der Waals surface area contributed by atoms with Crippen LogP contribution in [0.5, 0.6) is 0 Å². The molecule has 1 atom stereocenters. The van der Waals surface area contributed by atoms with E-state index in [1.807, 2.05) is 0 Å². The second-order valence-corrected chi connectivity index (χ2v) is 1.59. The van der Waals surface area contributed by atoms with Crippen LogP contribution in [0.4, 0.5) is 0 Å². The fourth-order valence-electron chi connectivity index (χ4n) is 0.542. The number of ether oxygens (including phenoxy) is 1. The minimum Gasteiger partial charge on any atom is -0.355 e. The summed E-state index contributed by atoms with van der Waals surface area (Å²) < 4.78 is 4.69. The van der Waals surface area contributed by atoms with Crippen LogP contribution < -0.4 is 5.73 Å². The first-order valence-corrected chi connectivity index (χ1v) is 2.18. The third kappa shape index (κ3) is 0.976. The maximum absolute atomic E-state index is 10.2. The topological polar surface area (TPSA) is 52.3 Å². The van der Waals surface area contributed by atoms with Gasteiger partial charge >= 0.3 is 0 Å². The SMILES string of the molecule is NC1CC(=O)CO1. The van der Waals surface area contributed by atoms with Crippen molar-refractivity contribution in [2.45, 2.75) is 12.6 Å². The summed E-state index contributed by atoms with van der Waals surface area (Å²) in [6, 6.07) is 0. The van der Waals surface area contributed by atoms with Crippen molar-refractivity contribution in [1.29, 1.82) is 0 Å². The summed E-state index contributed by atoms with van der Waals surface area (Å²) in [5.41, 5.74) is 5.18. The second kappa shape index (κ2) is 1.60. The number of rotatable bonds is 0. The van der Waals surface area contributed by atoms with E-state index in [9.17, 15) is 4.79 Å². The van der Waals surface area contributed by atoms with E-state index in [1.54, 1.807) is 0 Å². The van der Waals surface area contributed by atoms with Gasteiger partial charge in [-0.05, 0) is 0 Å². The average Bonchev–Trinajstić information content (AvgIpc) is 1.87. The Morgan fingerprint density at radius 2 is 2.57 bits per heavy atom. The Bertz CT molecular complexity index is 91.7. The lowest BCUT2D eigenvalue weighted by Crippen LogP contribution is -2.16. The van der Waals surface area contributed by atoms with Crippen LogP contribution in [-0.4, -0.2) is 18.6 Å². The summed E-state index contributed by atoms with van der Waals surface area (Å²) >= 11 is 0. The largest absolute Gasteiger partial charge is 0.355 e. The minimum atomic E-state index is -0.326. The van der Waals surface area contributed by atoms with Crippen LogP contribution in [0.15, 0.2) is 0 Å². The van der Waals surface area contributed by atoms with Crippen LogP contribution >= 0.6 is 0 Å². The maximum Gasteiger partial charge on any atom is 0.162 e. The van der Waals surface area contributed by atoms with E-state index in [1.165, 1.54) is 0 Å². The first-order chi connectivity index (χ1) is 3.29. The molecule has 0 aliphatic carbocycles. The molecule has 0 aromatic carbocycles. The fraction of sp³-hybridized carbons (Fsp3) is 0.750. The fourth-order valence-corrected chi connectivity index (χ4v) is 0.542. The van der Waals surface area contributed by atoms with E-state index >= 15 is 0 Å². The molecule has 0 saturated carbocycles. The molecular formula is C4H7NO2. The standard InChI is InChI=1S/C4H7NO2/c5-4-1-3(6)2-7-4/h4H,1-2,5H2. The van der Waals surface area contributed by atoms with Crippen LogP contribution in [0.25, 0.3) is 0 Å². The van der Waals surface area contributed by atoms with Crippen molar-refractivity contribution in [2.75, 3.05) is 6.61 Å². The van der Waals surface area contributed by atoms with Crippen molar-refractivity contribution in [2.24, 2.45) is 5.73 Å². The molecule has 1 aliphatic rings.